The predicted molar refractivity (Wildman–Crippen MR) is 70.4 cm³/mol. The van der Waals surface area contributed by atoms with E-state index in [-0.39, 0.29) is 5.92 Å². The van der Waals surface area contributed by atoms with Crippen molar-refractivity contribution in [2.24, 2.45) is 11.7 Å². The first-order valence-corrected chi connectivity index (χ1v) is 6.97. The van der Waals surface area contributed by atoms with Crippen molar-refractivity contribution in [2.75, 3.05) is 6.61 Å². The Morgan fingerprint density at radius 3 is 2.32 bits per heavy atom. The number of rotatable bonds is 6. The molecule has 1 heterocycles. The van der Waals surface area contributed by atoms with Crippen molar-refractivity contribution in [3.05, 3.63) is 0 Å². The van der Waals surface area contributed by atoms with Gasteiger partial charge in [-0.1, -0.05) is 27.2 Å². The molecule has 0 amide bonds. The summed E-state index contributed by atoms with van der Waals surface area (Å²) in [5.74, 6) is 0.0818. The summed E-state index contributed by atoms with van der Waals surface area (Å²) in [5, 5.41) is 29.6. The fraction of sp³-hybridized carbons (Fsp3) is 1.00. The molecule has 1 fully saturated rings. The molecule has 0 aromatic carbocycles. The van der Waals surface area contributed by atoms with E-state index >= 15 is 0 Å². The number of aliphatic hydroxyl groups is 3. The average Bonchev–Trinajstić information content (AvgIpc) is 2.38. The van der Waals surface area contributed by atoms with E-state index in [1.807, 2.05) is 20.8 Å². The van der Waals surface area contributed by atoms with Crippen LogP contribution >= 0.6 is 0 Å². The zero-order valence-corrected chi connectivity index (χ0v) is 11.9. The van der Waals surface area contributed by atoms with Gasteiger partial charge in [0.25, 0.3) is 0 Å². The van der Waals surface area contributed by atoms with E-state index in [9.17, 15) is 15.3 Å². The number of unbranched alkanes of at least 4 members (excludes halogenated alkanes) is 1. The molecule has 6 heteroatoms. The monoisotopic (exact) mass is 277 g/mol. The first-order valence-electron chi connectivity index (χ1n) is 6.97. The Balaban J connectivity index is 2.68. The predicted octanol–water partition coefficient (Wildman–Crippen LogP) is -0.406. The van der Waals surface area contributed by atoms with E-state index in [1.165, 1.54) is 0 Å². The van der Waals surface area contributed by atoms with E-state index in [4.69, 9.17) is 15.2 Å². The molecule has 6 atom stereocenters. The molecule has 0 bridgehead atoms. The number of aliphatic hydroxyl groups excluding tert-OH is 3. The second-order valence-electron chi connectivity index (χ2n) is 5.49. The normalized spacial score (nSPS) is 37.6. The molecule has 0 aromatic heterocycles. The minimum atomic E-state index is -1.31. The van der Waals surface area contributed by atoms with Crippen molar-refractivity contribution in [2.45, 2.75) is 70.4 Å². The summed E-state index contributed by atoms with van der Waals surface area (Å²) in [6.45, 7) is 6.28. The number of ether oxygens (including phenoxy) is 2. The first kappa shape index (κ1) is 16.8. The van der Waals surface area contributed by atoms with Crippen molar-refractivity contribution in [3.63, 3.8) is 0 Å². The molecule has 0 saturated carbocycles. The maximum Gasteiger partial charge on any atom is 0.186 e. The molecule has 5 N–H and O–H groups in total. The van der Waals surface area contributed by atoms with Crippen molar-refractivity contribution in [1.29, 1.82) is 0 Å². The van der Waals surface area contributed by atoms with Crippen molar-refractivity contribution >= 4 is 0 Å². The molecule has 1 saturated heterocycles. The third-order valence-corrected chi connectivity index (χ3v) is 3.54. The quantitative estimate of drug-likeness (QED) is 0.492. The van der Waals surface area contributed by atoms with Gasteiger partial charge in [-0.05, 0) is 12.3 Å². The summed E-state index contributed by atoms with van der Waals surface area (Å²) in [5.41, 5.74) is 5.97. The molecule has 0 radical (unpaired) electrons. The molecule has 6 nitrogen and oxygen atoms in total. The number of nitrogens with two attached hydrogens (primary N) is 1. The lowest BCUT2D eigenvalue weighted by Crippen LogP contribution is -2.63. The first-order chi connectivity index (χ1) is 8.90. The Bertz CT molecular complexity index is 263. The van der Waals surface area contributed by atoms with Crippen LogP contribution in [0.25, 0.3) is 0 Å². The third-order valence-electron chi connectivity index (χ3n) is 3.54. The highest BCUT2D eigenvalue weighted by atomic mass is 16.7. The van der Waals surface area contributed by atoms with E-state index < -0.39 is 36.7 Å². The minimum Gasteiger partial charge on any atom is -0.388 e. The lowest BCUT2D eigenvalue weighted by molar-refractivity contribution is -0.301. The zero-order chi connectivity index (χ0) is 14.6. The van der Waals surface area contributed by atoms with Crippen molar-refractivity contribution < 1.29 is 24.8 Å². The Morgan fingerprint density at radius 1 is 1.16 bits per heavy atom. The smallest absolute Gasteiger partial charge is 0.186 e. The van der Waals surface area contributed by atoms with Crippen LogP contribution in [-0.2, 0) is 9.47 Å². The largest absolute Gasteiger partial charge is 0.388 e. The number of hydrogen-bond acceptors (Lipinski definition) is 6. The number of hydrogen-bond donors (Lipinski definition) is 4. The second-order valence-corrected chi connectivity index (χ2v) is 5.49. The molecule has 1 aliphatic rings. The van der Waals surface area contributed by atoms with Gasteiger partial charge in [0.15, 0.2) is 6.29 Å². The van der Waals surface area contributed by atoms with Crippen LogP contribution in [-0.4, -0.2) is 58.7 Å². The van der Waals surface area contributed by atoms with Gasteiger partial charge in [-0.3, -0.25) is 0 Å². The van der Waals surface area contributed by atoms with Crippen LogP contribution < -0.4 is 5.73 Å². The fourth-order valence-electron chi connectivity index (χ4n) is 2.05. The van der Waals surface area contributed by atoms with Crippen LogP contribution in [0, 0.1) is 5.92 Å². The van der Waals surface area contributed by atoms with E-state index in [1.54, 1.807) is 0 Å². The van der Waals surface area contributed by atoms with Crippen LogP contribution in [0.2, 0.25) is 0 Å². The van der Waals surface area contributed by atoms with E-state index in [0.29, 0.717) is 6.61 Å². The van der Waals surface area contributed by atoms with Crippen LogP contribution in [0.3, 0.4) is 0 Å². The van der Waals surface area contributed by atoms with Gasteiger partial charge in [0.2, 0.25) is 0 Å². The molecule has 1 rings (SSSR count). The highest BCUT2D eigenvalue weighted by Gasteiger charge is 2.46. The van der Waals surface area contributed by atoms with Crippen LogP contribution in [0.1, 0.15) is 33.6 Å². The summed E-state index contributed by atoms with van der Waals surface area (Å²) in [4.78, 5) is 0. The Kier molecular flexibility index (Phi) is 6.65. The van der Waals surface area contributed by atoms with Crippen LogP contribution in [0.15, 0.2) is 0 Å². The topological polar surface area (TPSA) is 105 Å². The van der Waals surface area contributed by atoms with Crippen LogP contribution in [0.5, 0.6) is 0 Å². The van der Waals surface area contributed by atoms with Gasteiger partial charge < -0.3 is 30.5 Å². The molecule has 114 valence electrons. The average molecular weight is 277 g/mol. The molecule has 0 spiro atoms. The van der Waals surface area contributed by atoms with Crippen molar-refractivity contribution in [1.82, 2.24) is 0 Å². The van der Waals surface area contributed by atoms with Gasteiger partial charge in [0, 0.05) is 12.6 Å². The van der Waals surface area contributed by atoms with Gasteiger partial charge in [0.1, 0.15) is 24.4 Å². The van der Waals surface area contributed by atoms with E-state index in [0.717, 1.165) is 12.8 Å². The molecule has 0 aliphatic carbocycles. The second kappa shape index (κ2) is 7.52. The molecule has 6 unspecified atom stereocenters. The Morgan fingerprint density at radius 2 is 1.79 bits per heavy atom. The molecule has 19 heavy (non-hydrogen) atoms. The van der Waals surface area contributed by atoms with Gasteiger partial charge in [-0.15, -0.1) is 0 Å². The highest BCUT2D eigenvalue weighted by Crippen LogP contribution is 2.25. The maximum atomic E-state index is 9.95. The summed E-state index contributed by atoms with van der Waals surface area (Å²) in [6.07, 6.45) is -3.67. The van der Waals surface area contributed by atoms with Gasteiger partial charge in [-0.25, -0.2) is 0 Å². The van der Waals surface area contributed by atoms with Crippen molar-refractivity contribution in [3.8, 4) is 0 Å². The lowest BCUT2D eigenvalue weighted by Gasteiger charge is -2.43. The Labute approximate surface area is 114 Å². The fourth-order valence-corrected chi connectivity index (χ4v) is 2.05. The zero-order valence-electron chi connectivity index (χ0n) is 11.9. The van der Waals surface area contributed by atoms with Crippen LogP contribution in [0.4, 0.5) is 0 Å². The van der Waals surface area contributed by atoms with E-state index in [2.05, 4.69) is 0 Å². The molecular formula is C13H27NO5. The Hall–Kier alpha value is -0.240. The SMILES string of the molecule is CCCCOC1OC(C(N)C(C)C)C(O)C(O)C1O. The molecule has 1 aliphatic heterocycles. The third kappa shape index (κ3) is 4.11. The van der Waals surface area contributed by atoms with Gasteiger partial charge in [-0.2, -0.15) is 0 Å². The summed E-state index contributed by atoms with van der Waals surface area (Å²) < 4.78 is 11.0. The molecular weight excluding hydrogens is 250 g/mol. The summed E-state index contributed by atoms with van der Waals surface area (Å²) in [6, 6.07) is -0.436. The standard InChI is InChI=1S/C13H27NO5/c1-4-5-6-18-13-11(17)9(15)10(16)12(19-13)8(14)7(2)3/h7-13,15-17H,4-6,14H2,1-3H3. The summed E-state index contributed by atoms with van der Waals surface area (Å²) >= 11 is 0. The highest BCUT2D eigenvalue weighted by molar-refractivity contribution is 4.94. The summed E-state index contributed by atoms with van der Waals surface area (Å²) in [7, 11) is 0. The molecule has 0 aromatic rings. The van der Waals surface area contributed by atoms with Gasteiger partial charge in [0.05, 0.1) is 0 Å². The maximum absolute atomic E-state index is 9.95. The lowest BCUT2D eigenvalue weighted by atomic mass is 9.89. The minimum absolute atomic E-state index is 0.0818. The van der Waals surface area contributed by atoms with Gasteiger partial charge >= 0.3 is 0 Å².